The minimum Gasteiger partial charge on any atom is -0.389 e. The van der Waals surface area contributed by atoms with Crippen molar-refractivity contribution in [3.63, 3.8) is 0 Å². The summed E-state index contributed by atoms with van der Waals surface area (Å²) in [6.45, 7) is 12.7. The first kappa shape index (κ1) is 17.2. The van der Waals surface area contributed by atoms with Crippen LogP contribution in [0.15, 0.2) is 0 Å². The summed E-state index contributed by atoms with van der Waals surface area (Å²) >= 11 is 0. The number of piperidine rings is 1. The summed E-state index contributed by atoms with van der Waals surface area (Å²) in [4.78, 5) is 2.50. The molecule has 1 N–H and O–H groups in total. The summed E-state index contributed by atoms with van der Waals surface area (Å²) < 4.78 is 5.98. The van der Waals surface area contributed by atoms with Crippen molar-refractivity contribution in [3.8, 4) is 0 Å². The second kappa shape index (κ2) is 6.55. The lowest BCUT2D eigenvalue weighted by atomic mass is 9.79. The standard InChI is InChI=1S/C18H35NO2/c1-14-8-6-9-16(14)21-13-15(20)12-19-17(2,3)10-7-11-18(19,4)5/h14-16,20H,6-13H2,1-5H3/t14-,15-,16-/m1/s1. The van der Waals surface area contributed by atoms with Crippen LogP contribution >= 0.6 is 0 Å². The number of aliphatic hydroxyl groups is 1. The molecule has 0 aromatic carbocycles. The molecule has 124 valence electrons. The van der Waals surface area contributed by atoms with E-state index in [1.807, 2.05) is 0 Å². The third kappa shape index (κ3) is 4.20. The van der Waals surface area contributed by atoms with E-state index in [-0.39, 0.29) is 17.2 Å². The van der Waals surface area contributed by atoms with Crippen LogP contribution in [0.25, 0.3) is 0 Å². The van der Waals surface area contributed by atoms with Crippen LogP contribution in [-0.2, 0) is 4.74 Å². The molecule has 2 aliphatic rings. The normalized spacial score (nSPS) is 34.0. The van der Waals surface area contributed by atoms with Crippen LogP contribution < -0.4 is 0 Å². The third-order valence-electron chi connectivity index (χ3n) is 5.72. The van der Waals surface area contributed by atoms with Crippen LogP contribution in [0.3, 0.4) is 0 Å². The Labute approximate surface area is 131 Å². The molecule has 2 rings (SSSR count). The van der Waals surface area contributed by atoms with Crippen molar-refractivity contribution in [3.05, 3.63) is 0 Å². The summed E-state index contributed by atoms with van der Waals surface area (Å²) in [6, 6.07) is 0. The van der Waals surface area contributed by atoms with Crippen LogP contribution in [-0.4, -0.2) is 46.4 Å². The average molecular weight is 297 g/mol. The van der Waals surface area contributed by atoms with E-state index in [0.29, 0.717) is 18.6 Å². The molecule has 0 aromatic heterocycles. The summed E-state index contributed by atoms with van der Waals surface area (Å²) in [5, 5.41) is 10.4. The SMILES string of the molecule is C[C@@H]1CCC[C@H]1OC[C@H](O)CN1C(C)(C)CCCC1(C)C. The Morgan fingerprint density at radius 1 is 1.10 bits per heavy atom. The van der Waals surface area contributed by atoms with E-state index < -0.39 is 0 Å². The lowest BCUT2D eigenvalue weighted by Gasteiger charge is -2.53. The summed E-state index contributed by atoms with van der Waals surface area (Å²) in [7, 11) is 0. The predicted octanol–water partition coefficient (Wildman–Crippen LogP) is 3.60. The number of β-amino-alcohol motifs (C(OH)–C–C–N with tert-alkyl or cyclic N) is 1. The molecule has 3 nitrogen and oxygen atoms in total. The predicted molar refractivity (Wildman–Crippen MR) is 87.5 cm³/mol. The van der Waals surface area contributed by atoms with Crippen molar-refractivity contribution in [1.29, 1.82) is 0 Å². The van der Waals surface area contributed by atoms with Gasteiger partial charge in [0.05, 0.1) is 18.8 Å². The highest BCUT2D eigenvalue weighted by atomic mass is 16.5. The molecular formula is C18H35NO2. The van der Waals surface area contributed by atoms with Crippen molar-refractivity contribution in [1.82, 2.24) is 4.90 Å². The smallest absolute Gasteiger partial charge is 0.0900 e. The van der Waals surface area contributed by atoms with Gasteiger partial charge in [0.25, 0.3) is 0 Å². The third-order valence-corrected chi connectivity index (χ3v) is 5.72. The molecule has 0 bridgehead atoms. The number of ether oxygens (including phenoxy) is 1. The molecule has 0 amide bonds. The Bertz CT molecular complexity index is 324. The molecule has 0 unspecified atom stereocenters. The summed E-state index contributed by atoms with van der Waals surface area (Å²) in [6.07, 6.45) is 7.39. The number of nitrogens with zero attached hydrogens (tertiary/aromatic N) is 1. The lowest BCUT2D eigenvalue weighted by molar-refractivity contribution is -0.0819. The zero-order chi connectivity index (χ0) is 15.7. The van der Waals surface area contributed by atoms with E-state index in [2.05, 4.69) is 39.5 Å². The minimum absolute atomic E-state index is 0.170. The highest BCUT2D eigenvalue weighted by molar-refractivity contribution is 4.97. The molecule has 21 heavy (non-hydrogen) atoms. The van der Waals surface area contributed by atoms with E-state index in [1.54, 1.807) is 0 Å². The molecule has 3 heteroatoms. The van der Waals surface area contributed by atoms with Crippen LogP contribution in [0.5, 0.6) is 0 Å². The number of aliphatic hydroxyl groups excluding tert-OH is 1. The first-order chi connectivity index (χ1) is 9.72. The first-order valence-electron chi connectivity index (χ1n) is 8.80. The molecule has 0 aromatic rings. The first-order valence-corrected chi connectivity index (χ1v) is 8.80. The van der Waals surface area contributed by atoms with Gasteiger partial charge in [-0.2, -0.15) is 0 Å². The Morgan fingerprint density at radius 3 is 2.24 bits per heavy atom. The van der Waals surface area contributed by atoms with Gasteiger partial charge in [0, 0.05) is 17.6 Å². The van der Waals surface area contributed by atoms with Crippen LogP contribution in [0, 0.1) is 5.92 Å². The second-order valence-electron chi connectivity index (χ2n) is 8.52. The van der Waals surface area contributed by atoms with E-state index in [4.69, 9.17) is 4.74 Å². The van der Waals surface area contributed by atoms with Crippen molar-refractivity contribution in [2.75, 3.05) is 13.2 Å². The van der Waals surface area contributed by atoms with Gasteiger partial charge in [0.1, 0.15) is 0 Å². The van der Waals surface area contributed by atoms with Crippen molar-refractivity contribution in [2.45, 2.75) is 96.4 Å². The van der Waals surface area contributed by atoms with E-state index >= 15 is 0 Å². The van der Waals surface area contributed by atoms with Gasteiger partial charge in [0.2, 0.25) is 0 Å². The Balaban J connectivity index is 1.86. The monoisotopic (exact) mass is 297 g/mol. The van der Waals surface area contributed by atoms with Gasteiger partial charge >= 0.3 is 0 Å². The number of hydrogen-bond donors (Lipinski definition) is 1. The maximum atomic E-state index is 10.4. The Hall–Kier alpha value is -0.120. The summed E-state index contributed by atoms with van der Waals surface area (Å²) in [5.74, 6) is 0.653. The maximum Gasteiger partial charge on any atom is 0.0900 e. The van der Waals surface area contributed by atoms with Gasteiger partial charge in [-0.05, 0) is 65.7 Å². The molecular weight excluding hydrogens is 262 g/mol. The van der Waals surface area contributed by atoms with Crippen LogP contribution in [0.4, 0.5) is 0 Å². The van der Waals surface area contributed by atoms with Crippen molar-refractivity contribution in [2.24, 2.45) is 5.92 Å². The number of hydrogen-bond acceptors (Lipinski definition) is 3. The Kier molecular flexibility index (Phi) is 5.38. The van der Waals surface area contributed by atoms with Gasteiger partial charge in [0.15, 0.2) is 0 Å². The molecule has 1 saturated heterocycles. The van der Waals surface area contributed by atoms with E-state index in [9.17, 15) is 5.11 Å². The van der Waals surface area contributed by atoms with Gasteiger partial charge in [-0.15, -0.1) is 0 Å². The number of likely N-dealkylation sites (tertiary alicyclic amines) is 1. The highest BCUT2D eigenvalue weighted by Gasteiger charge is 2.41. The molecule has 0 radical (unpaired) electrons. The molecule has 1 aliphatic heterocycles. The van der Waals surface area contributed by atoms with Crippen LogP contribution in [0.1, 0.15) is 73.1 Å². The van der Waals surface area contributed by atoms with Crippen molar-refractivity contribution >= 4 is 0 Å². The molecule has 1 saturated carbocycles. The average Bonchev–Trinajstić information content (AvgIpc) is 2.77. The minimum atomic E-state index is -0.380. The zero-order valence-corrected chi connectivity index (χ0v) is 14.7. The van der Waals surface area contributed by atoms with Crippen LogP contribution in [0.2, 0.25) is 0 Å². The largest absolute Gasteiger partial charge is 0.389 e. The lowest BCUT2D eigenvalue weighted by Crippen LogP contribution is -2.60. The quantitative estimate of drug-likeness (QED) is 0.841. The van der Waals surface area contributed by atoms with Gasteiger partial charge in [-0.1, -0.05) is 13.3 Å². The van der Waals surface area contributed by atoms with E-state index in [0.717, 1.165) is 13.0 Å². The van der Waals surface area contributed by atoms with Gasteiger partial charge in [-0.25, -0.2) is 0 Å². The molecule has 1 aliphatic carbocycles. The zero-order valence-electron chi connectivity index (χ0n) is 14.7. The fourth-order valence-corrected chi connectivity index (χ4v) is 4.39. The summed E-state index contributed by atoms with van der Waals surface area (Å²) in [5.41, 5.74) is 0.340. The van der Waals surface area contributed by atoms with Gasteiger partial charge < -0.3 is 9.84 Å². The molecule has 3 atom stereocenters. The van der Waals surface area contributed by atoms with Crippen molar-refractivity contribution < 1.29 is 9.84 Å². The molecule has 2 fully saturated rings. The molecule has 0 spiro atoms. The Morgan fingerprint density at radius 2 is 1.71 bits per heavy atom. The second-order valence-corrected chi connectivity index (χ2v) is 8.52. The maximum absolute atomic E-state index is 10.4. The fraction of sp³-hybridized carbons (Fsp3) is 1.00. The highest BCUT2D eigenvalue weighted by Crippen LogP contribution is 2.38. The van der Waals surface area contributed by atoms with E-state index in [1.165, 1.54) is 32.1 Å². The fourth-order valence-electron chi connectivity index (χ4n) is 4.39. The topological polar surface area (TPSA) is 32.7 Å². The number of rotatable bonds is 5. The molecule has 1 heterocycles. The van der Waals surface area contributed by atoms with Gasteiger partial charge in [-0.3, -0.25) is 4.90 Å².